The average Bonchev–Trinajstić information content (AvgIpc) is 2.59. The predicted molar refractivity (Wildman–Crippen MR) is 112 cm³/mol. The van der Waals surface area contributed by atoms with Crippen molar-refractivity contribution in [2.45, 2.75) is 62.2 Å². The second-order valence-corrected chi connectivity index (χ2v) is 12.9. The Bertz CT molecular complexity index is 993. The molecule has 0 spiro atoms. The third-order valence-corrected chi connectivity index (χ3v) is 8.63. The lowest BCUT2D eigenvalue weighted by molar-refractivity contribution is 0.587. The molecule has 0 saturated carbocycles. The smallest absolute Gasteiger partial charge is 0.249 e. The van der Waals surface area contributed by atoms with Gasteiger partial charge in [-0.25, -0.2) is 16.8 Å². The number of sulfone groups is 2. The van der Waals surface area contributed by atoms with Gasteiger partial charge >= 0.3 is 0 Å². The van der Waals surface area contributed by atoms with Crippen LogP contribution in [0.3, 0.4) is 0 Å². The van der Waals surface area contributed by atoms with Gasteiger partial charge in [-0.3, -0.25) is 5.41 Å². The second kappa shape index (κ2) is 7.12. The molecule has 0 heterocycles. The van der Waals surface area contributed by atoms with Crippen molar-refractivity contribution in [3.05, 3.63) is 59.7 Å². The van der Waals surface area contributed by atoms with Crippen LogP contribution < -0.4 is 0 Å². The predicted octanol–water partition coefficient (Wildman–Crippen LogP) is 4.46. The molecule has 1 N–H and O–H groups in total. The van der Waals surface area contributed by atoms with Crippen LogP contribution in [0.1, 0.15) is 52.7 Å². The summed E-state index contributed by atoms with van der Waals surface area (Å²) in [5, 5.41) is 7.95. The van der Waals surface area contributed by atoms with Crippen molar-refractivity contribution in [2.75, 3.05) is 0 Å². The molecular formula is C21H27NO4S2. The fraction of sp³-hybridized carbons (Fsp3) is 0.381. The summed E-state index contributed by atoms with van der Waals surface area (Å²) in [6, 6.07) is 12.0. The summed E-state index contributed by atoms with van der Waals surface area (Å²) >= 11 is 0. The average molecular weight is 422 g/mol. The number of benzene rings is 2. The van der Waals surface area contributed by atoms with E-state index in [2.05, 4.69) is 0 Å². The molecule has 152 valence electrons. The Hall–Kier alpha value is -1.99. The van der Waals surface area contributed by atoms with Gasteiger partial charge in [-0.15, -0.1) is 0 Å². The molecule has 0 saturated heterocycles. The van der Waals surface area contributed by atoms with Crippen molar-refractivity contribution >= 4 is 24.1 Å². The molecule has 0 radical (unpaired) electrons. The normalized spacial score (nSPS) is 13.4. The van der Waals surface area contributed by atoms with E-state index in [-0.39, 0.29) is 20.6 Å². The van der Waals surface area contributed by atoms with Gasteiger partial charge in [0, 0.05) is 0 Å². The summed E-state index contributed by atoms with van der Waals surface area (Å²) < 4.78 is 49.6. The van der Waals surface area contributed by atoms with Crippen LogP contribution in [0.5, 0.6) is 0 Å². The first-order chi connectivity index (χ1) is 12.6. The minimum Gasteiger partial charge on any atom is -0.279 e. The molecule has 0 aromatic heterocycles. The van der Waals surface area contributed by atoms with Crippen LogP contribution in [0.25, 0.3) is 0 Å². The Morgan fingerprint density at radius 1 is 0.607 bits per heavy atom. The number of hydrogen-bond donors (Lipinski definition) is 1. The van der Waals surface area contributed by atoms with Gasteiger partial charge in [0.2, 0.25) is 24.1 Å². The molecule has 0 aliphatic rings. The van der Waals surface area contributed by atoms with E-state index < -0.39 is 24.1 Å². The Labute approximate surface area is 168 Å². The third-order valence-electron chi connectivity index (χ3n) is 4.55. The zero-order chi connectivity index (χ0) is 21.5. The standard InChI is InChI=1S/C21H27NO4S2/c1-20(2,3)15-7-11-17(12-8-15)27(23,24)19(22)28(25,26)18-13-9-16(10-14-18)21(4,5)6/h7-14,22H,1-6H3. The van der Waals surface area contributed by atoms with Crippen LogP contribution in [-0.4, -0.2) is 21.2 Å². The first-order valence-corrected chi connectivity index (χ1v) is 11.8. The maximum Gasteiger partial charge on any atom is 0.249 e. The van der Waals surface area contributed by atoms with Crippen LogP contribution in [0, 0.1) is 5.41 Å². The molecule has 0 aliphatic heterocycles. The summed E-state index contributed by atoms with van der Waals surface area (Å²) in [4.78, 5) is -0.416. The highest BCUT2D eigenvalue weighted by Crippen LogP contribution is 2.27. The quantitative estimate of drug-likeness (QED) is 0.572. The molecule has 0 atom stereocenters. The largest absolute Gasteiger partial charge is 0.279 e. The Balaban J connectivity index is 2.42. The first-order valence-electron chi connectivity index (χ1n) is 8.88. The van der Waals surface area contributed by atoms with Crippen molar-refractivity contribution in [2.24, 2.45) is 0 Å². The van der Waals surface area contributed by atoms with E-state index in [4.69, 9.17) is 5.41 Å². The minimum absolute atomic E-state index is 0.170. The van der Waals surface area contributed by atoms with Crippen LogP contribution in [0.2, 0.25) is 0 Å². The topological polar surface area (TPSA) is 92.1 Å². The van der Waals surface area contributed by atoms with Crippen LogP contribution in [-0.2, 0) is 30.5 Å². The maximum absolute atomic E-state index is 12.7. The van der Waals surface area contributed by atoms with E-state index in [9.17, 15) is 16.8 Å². The maximum atomic E-state index is 12.7. The molecule has 7 heteroatoms. The first kappa shape index (κ1) is 22.3. The minimum atomic E-state index is -4.45. The van der Waals surface area contributed by atoms with Gasteiger partial charge in [0.1, 0.15) is 0 Å². The molecule has 0 bridgehead atoms. The molecule has 0 fully saturated rings. The summed E-state index contributed by atoms with van der Waals surface area (Å²) in [5.41, 5.74) is 1.49. The highest BCUT2D eigenvalue weighted by atomic mass is 32.3. The van der Waals surface area contributed by atoms with Crippen LogP contribution in [0.15, 0.2) is 58.3 Å². The van der Waals surface area contributed by atoms with Gasteiger partial charge < -0.3 is 0 Å². The molecular weight excluding hydrogens is 394 g/mol. The van der Waals surface area contributed by atoms with E-state index in [0.29, 0.717) is 0 Å². The van der Waals surface area contributed by atoms with E-state index in [0.717, 1.165) is 11.1 Å². The SMILES string of the molecule is CC(C)(C)c1ccc(S(=O)(=O)C(=N)S(=O)(=O)c2ccc(C(C)(C)C)cc2)cc1. The molecule has 2 aromatic rings. The Kier molecular flexibility index (Phi) is 5.67. The summed E-state index contributed by atoms with van der Waals surface area (Å²) in [7, 11) is -8.90. The molecule has 0 aliphatic carbocycles. The second-order valence-electron chi connectivity index (χ2n) is 8.84. The number of rotatable bonds is 2. The molecule has 0 amide bonds. The lowest BCUT2D eigenvalue weighted by Crippen LogP contribution is -2.24. The molecule has 28 heavy (non-hydrogen) atoms. The van der Waals surface area contributed by atoms with Crippen molar-refractivity contribution < 1.29 is 16.8 Å². The van der Waals surface area contributed by atoms with Gasteiger partial charge in [-0.05, 0) is 46.2 Å². The van der Waals surface area contributed by atoms with Crippen LogP contribution >= 0.6 is 0 Å². The number of hydrogen-bond acceptors (Lipinski definition) is 5. The van der Waals surface area contributed by atoms with Gasteiger partial charge in [0.05, 0.1) is 9.79 Å². The Morgan fingerprint density at radius 3 is 1.07 bits per heavy atom. The monoisotopic (exact) mass is 421 g/mol. The van der Waals surface area contributed by atoms with E-state index in [1.165, 1.54) is 24.3 Å². The van der Waals surface area contributed by atoms with E-state index >= 15 is 0 Å². The zero-order valence-electron chi connectivity index (χ0n) is 17.1. The van der Waals surface area contributed by atoms with Gasteiger partial charge in [0.25, 0.3) is 0 Å². The van der Waals surface area contributed by atoms with Gasteiger partial charge in [-0.1, -0.05) is 65.8 Å². The molecule has 5 nitrogen and oxygen atoms in total. The number of nitrogens with one attached hydrogen (secondary N) is 1. The third kappa shape index (κ3) is 4.36. The summed E-state index contributed by atoms with van der Waals surface area (Å²) in [6.45, 7) is 11.9. The fourth-order valence-electron chi connectivity index (χ4n) is 2.63. The van der Waals surface area contributed by atoms with Crippen molar-refractivity contribution in [3.8, 4) is 0 Å². The van der Waals surface area contributed by atoms with E-state index in [1.807, 2.05) is 41.5 Å². The van der Waals surface area contributed by atoms with Gasteiger partial charge in [-0.2, -0.15) is 0 Å². The summed E-state index contributed by atoms with van der Waals surface area (Å²) in [6.07, 6.45) is 0. The lowest BCUT2D eigenvalue weighted by Gasteiger charge is -2.19. The summed E-state index contributed by atoms with van der Waals surface area (Å²) in [5.74, 6) is 0. The lowest BCUT2D eigenvalue weighted by atomic mass is 9.87. The Morgan fingerprint density at radius 2 is 0.857 bits per heavy atom. The van der Waals surface area contributed by atoms with Gasteiger partial charge in [0.15, 0.2) is 0 Å². The van der Waals surface area contributed by atoms with Crippen molar-refractivity contribution in [1.29, 1.82) is 5.41 Å². The molecule has 2 rings (SSSR count). The highest BCUT2D eigenvalue weighted by Gasteiger charge is 2.34. The zero-order valence-corrected chi connectivity index (χ0v) is 18.7. The van der Waals surface area contributed by atoms with Crippen molar-refractivity contribution in [3.63, 3.8) is 0 Å². The van der Waals surface area contributed by atoms with Crippen molar-refractivity contribution in [1.82, 2.24) is 0 Å². The van der Waals surface area contributed by atoms with E-state index in [1.54, 1.807) is 24.3 Å². The molecule has 2 aromatic carbocycles. The fourth-order valence-corrected chi connectivity index (χ4v) is 5.78. The van der Waals surface area contributed by atoms with Crippen LogP contribution in [0.4, 0.5) is 0 Å². The highest BCUT2D eigenvalue weighted by molar-refractivity contribution is 8.31. The molecule has 0 unspecified atom stereocenters.